The molecule has 1 amide bonds. The van der Waals surface area contributed by atoms with Crippen molar-refractivity contribution >= 4 is 11.6 Å². The van der Waals surface area contributed by atoms with Crippen LogP contribution in [0.1, 0.15) is 21.6 Å². The molecule has 0 spiro atoms. The van der Waals surface area contributed by atoms with Gasteiger partial charge in [0.1, 0.15) is 5.69 Å². The Morgan fingerprint density at radius 2 is 2.17 bits per heavy atom. The predicted octanol–water partition coefficient (Wildman–Crippen LogP) is 2.10. The van der Waals surface area contributed by atoms with Crippen LogP contribution in [-0.2, 0) is 6.54 Å². The zero-order chi connectivity index (χ0) is 13.0. The van der Waals surface area contributed by atoms with Crippen molar-refractivity contribution in [2.24, 2.45) is 5.73 Å². The molecule has 1 aromatic carbocycles. The van der Waals surface area contributed by atoms with Gasteiger partial charge in [-0.3, -0.25) is 9.78 Å². The van der Waals surface area contributed by atoms with Crippen molar-refractivity contribution < 1.29 is 4.79 Å². The average molecular weight is 241 g/mol. The number of nitrogens with two attached hydrogens (primary N) is 1. The number of pyridine rings is 1. The maximum atomic E-state index is 12.0. The van der Waals surface area contributed by atoms with Gasteiger partial charge in [-0.05, 0) is 42.3 Å². The molecular formula is C14H15N3O. The van der Waals surface area contributed by atoms with Gasteiger partial charge in [-0.15, -0.1) is 0 Å². The highest BCUT2D eigenvalue weighted by Gasteiger charge is 2.07. The molecule has 4 heteroatoms. The average Bonchev–Trinajstić information content (AvgIpc) is 2.39. The molecule has 0 saturated carbocycles. The largest absolute Gasteiger partial charge is 0.326 e. The number of aromatic nitrogens is 1. The molecule has 2 aromatic rings. The van der Waals surface area contributed by atoms with Crippen LogP contribution in [0.4, 0.5) is 5.69 Å². The molecule has 18 heavy (non-hydrogen) atoms. The van der Waals surface area contributed by atoms with Gasteiger partial charge in [0.2, 0.25) is 0 Å². The van der Waals surface area contributed by atoms with Gasteiger partial charge in [0.25, 0.3) is 5.91 Å². The predicted molar refractivity (Wildman–Crippen MR) is 71.3 cm³/mol. The fourth-order valence-electron chi connectivity index (χ4n) is 1.64. The molecule has 3 N–H and O–H groups in total. The molecule has 0 bridgehead atoms. The number of amides is 1. The number of nitrogens with one attached hydrogen (secondary N) is 1. The van der Waals surface area contributed by atoms with Crippen LogP contribution in [0.25, 0.3) is 0 Å². The van der Waals surface area contributed by atoms with E-state index in [2.05, 4.69) is 10.3 Å². The van der Waals surface area contributed by atoms with Crippen molar-refractivity contribution in [1.82, 2.24) is 4.98 Å². The van der Waals surface area contributed by atoms with E-state index in [9.17, 15) is 4.79 Å². The van der Waals surface area contributed by atoms with E-state index < -0.39 is 0 Å². The molecule has 2 rings (SSSR count). The van der Waals surface area contributed by atoms with Crippen LogP contribution in [0.15, 0.2) is 42.6 Å². The minimum Gasteiger partial charge on any atom is -0.326 e. The molecule has 0 saturated heterocycles. The molecule has 1 aromatic heterocycles. The first-order valence-electron chi connectivity index (χ1n) is 5.72. The third kappa shape index (κ3) is 2.93. The second-order valence-electron chi connectivity index (χ2n) is 4.08. The van der Waals surface area contributed by atoms with E-state index in [1.54, 1.807) is 18.3 Å². The van der Waals surface area contributed by atoms with Crippen molar-refractivity contribution in [2.75, 3.05) is 5.32 Å². The Labute approximate surface area is 106 Å². The fraction of sp³-hybridized carbons (Fsp3) is 0.143. The van der Waals surface area contributed by atoms with Crippen LogP contribution in [0.3, 0.4) is 0 Å². The Kier molecular flexibility index (Phi) is 3.69. The van der Waals surface area contributed by atoms with Crippen LogP contribution in [0.5, 0.6) is 0 Å². The monoisotopic (exact) mass is 241 g/mol. The summed E-state index contributed by atoms with van der Waals surface area (Å²) in [5, 5.41) is 2.81. The second kappa shape index (κ2) is 5.42. The summed E-state index contributed by atoms with van der Waals surface area (Å²) in [7, 11) is 0. The van der Waals surface area contributed by atoms with Crippen LogP contribution >= 0.6 is 0 Å². The molecule has 0 aliphatic rings. The quantitative estimate of drug-likeness (QED) is 0.864. The molecule has 4 nitrogen and oxygen atoms in total. The number of benzene rings is 1. The summed E-state index contributed by atoms with van der Waals surface area (Å²) in [4.78, 5) is 16.0. The highest BCUT2D eigenvalue weighted by atomic mass is 16.1. The SMILES string of the molecule is Cc1cccc(NC(=O)c2cc(CN)ccn2)c1. The Bertz CT molecular complexity index is 566. The molecule has 92 valence electrons. The maximum Gasteiger partial charge on any atom is 0.274 e. The number of carbonyl (C=O) groups is 1. The Morgan fingerprint density at radius 3 is 2.89 bits per heavy atom. The Hall–Kier alpha value is -2.20. The lowest BCUT2D eigenvalue weighted by Crippen LogP contribution is -2.14. The number of aryl methyl sites for hydroxylation is 1. The van der Waals surface area contributed by atoms with Gasteiger partial charge in [0.05, 0.1) is 0 Å². The van der Waals surface area contributed by atoms with Gasteiger partial charge in [-0.2, -0.15) is 0 Å². The summed E-state index contributed by atoms with van der Waals surface area (Å²) in [6, 6.07) is 11.1. The fourth-order valence-corrected chi connectivity index (χ4v) is 1.64. The molecule has 0 aliphatic heterocycles. The van der Waals surface area contributed by atoms with Crippen LogP contribution in [0.2, 0.25) is 0 Å². The number of hydrogen-bond acceptors (Lipinski definition) is 3. The Balaban J connectivity index is 2.16. The molecule has 0 unspecified atom stereocenters. The number of anilines is 1. The summed E-state index contributed by atoms with van der Waals surface area (Å²) in [6.07, 6.45) is 1.59. The minimum absolute atomic E-state index is 0.226. The van der Waals surface area contributed by atoms with E-state index in [4.69, 9.17) is 5.73 Å². The summed E-state index contributed by atoms with van der Waals surface area (Å²) < 4.78 is 0. The number of nitrogens with zero attached hydrogens (tertiary/aromatic N) is 1. The standard InChI is InChI=1S/C14H15N3O/c1-10-3-2-4-12(7-10)17-14(18)13-8-11(9-15)5-6-16-13/h2-8H,9,15H2,1H3,(H,17,18). The molecule has 0 radical (unpaired) electrons. The van der Waals surface area contributed by atoms with Crippen molar-refractivity contribution in [3.63, 3.8) is 0 Å². The van der Waals surface area contributed by atoms with E-state index in [1.807, 2.05) is 31.2 Å². The summed E-state index contributed by atoms with van der Waals surface area (Å²) in [5.41, 5.74) is 8.65. The molecule has 0 atom stereocenters. The van der Waals surface area contributed by atoms with Crippen molar-refractivity contribution in [1.29, 1.82) is 0 Å². The topological polar surface area (TPSA) is 68.0 Å². The lowest BCUT2D eigenvalue weighted by atomic mass is 10.2. The smallest absolute Gasteiger partial charge is 0.274 e. The van der Waals surface area contributed by atoms with Gasteiger partial charge in [-0.1, -0.05) is 12.1 Å². The highest BCUT2D eigenvalue weighted by molar-refractivity contribution is 6.02. The van der Waals surface area contributed by atoms with Crippen LogP contribution < -0.4 is 11.1 Å². The van der Waals surface area contributed by atoms with Gasteiger partial charge in [0, 0.05) is 18.4 Å². The first-order valence-corrected chi connectivity index (χ1v) is 5.72. The normalized spacial score (nSPS) is 10.1. The summed E-state index contributed by atoms with van der Waals surface area (Å²) in [6.45, 7) is 2.37. The number of carbonyl (C=O) groups excluding carboxylic acids is 1. The lowest BCUT2D eigenvalue weighted by Gasteiger charge is -2.06. The van der Waals surface area contributed by atoms with Crippen molar-refractivity contribution in [2.45, 2.75) is 13.5 Å². The molecule has 0 aliphatic carbocycles. The third-order valence-corrected chi connectivity index (χ3v) is 2.57. The van der Waals surface area contributed by atoms with Crippen molar-refractivity contribution in [3.8, 4) is 0 Å². The van der Waals surface area contributed by atoms with E-state index in [-0.39, 0.29) is 5.91 Å². The number of rotatable bonds is 3. The third-order valence-electron chi connectivity index (χ3n) is 2.57. The molecule has 0 fully saturated rings. The van der Waals surface area contributed by atoms with Gasteiger partial charge < -0.3 is 11.1 Å². The first-order chi connectivity index (χ1) is 8.69. The number of hydrogen-bond donors (Lipinski definition) is 2. The van der Waals surface area contributed by atoms with Gasteiger partial charge >= 0.3 is 0 Å². The minimum atomic E-state index is -0.226. The lowest BCUT2D eigenvalue weighted by molar-refractivity contribution is 0.102. The van der Waals surface area contributed by atoms with Crippen LogP contribution in [0, 0.1) is 6.92 Å². The molecule has 1 heterocycles. The van der Waals surface area contributed by atoms with E-state index in [1.165, 1.54) is 0 Å². The van der Waals surface area contributed by atoms with E-state index in [0.717, 1.165) is 16.8 Å². The van der Waals surface area contributed by atoms with Crippen LogP contribution in [-0.4, -0.2) is 10.9 Å². The molecular weight excluding hydrogens is 226 g/mol. The summed E-state index contributed by atoms with van der Waals surface area (Å²) in [5.74, 6) is -0.226. The van der Waals surface area contributed by atoms with Gasteiger partial charge in [-0.25, -0.2) is 0 Å². The second-order valence-corrected chi connectivity index (χ2v) is 4.08. The zero-order valence-electron chi connectivity index (χ0n) is 10.2. The Morgan fingerprint density at radius 1 is 1.33 bits per heavy atom. The van der Waals surface area contributed by atoms with E-state index >= 15 is 0 Å². The zero-order valence-corrected chi connectivity index (χ0v) is 10.2. The van der Waals surface area contributed by atoms with E-state index in [0.29, 0.717) is 12.2 Å². The summed E-state index contributed by atoms with van der Waals surface area (Å²) >= 11 is 0. The van der Waals surface area contributed by atoms with Gasteiger partial charge in [0.15, 0.2) is 0 Å². The maximum absolute atomic E-state index is 12.0. The van der Waals surface area contributed by atoms with Crippen molar-refractivity contribution in [3.05, 3.63) is 59.4 Å². The highest BCUT2D eigenvalue weighted by Crippen LogP contribution is 2.11. The first kappa shape index (κ1) is 12.3.